The van der Waals surface area contributed by atoms with Crippen molar-refractivity contribution in [3.8, 4) is 0 Å². The van der Waals surface area contributed by atoms with Gasteiger partial charge < -0.3 is 20.4 Å². The fraction of sp³-hybridized carbons (Fsp3) is 1.00. The predicted octanol–water partition coefficient (Wildman–Crippen LogP) is 3.12. The summed E-state index contributed by atoms with van der Waals surface area (Å²) in [5, 5.41) is 34.4. The van der Waals surface area contributed by atoms with E-state index >= 15 is 0 Å². The number of rotatable bonds is 14. The first-order valence-electron chi connectivity index (χ1n) is 9.05. The second kappa shape index (κ2) is 20.8. The van der Waals surface area contributed by atoms with E-state index in [2.05, 4.69) is 13.8 Å². The average Bonchev–Trinajstić information content (AvgIpc) is 2.54. The minimum Gasteiger partial charge on any atom is -0.396 e. The first kappa shape index (κ1) is 24.1. The van der Waals surface area contributed by atoms with Crippen LogP contribution in [0.5, 0.6) is 0 Å². The Morgan fingerprint density at radius 3 is 1.09 bits per heavy atom. The van der Waals surface area contributed by atoms with E-state index in [1.54, 1.807) is 0 Å². The van der Waals surface area contributed by atoms with E-state index in [1.807, 2.05) is 0 Å². The molecule has 0 spiro atoms. The van der Waals surface area contributed by atoms with Gasteiger partial charge >= 0.3 is 0 Å². The molecule has 0 aliphatic heterocycles. The largest absolute Gasteiger partial charge is 0.396 e. The van der Waals surface area contributed by atoms with Crippen LogP contribution >= 0.6 is 0 Å². The van der Waals surface area contributed by atoms with Crippen LogP contribution in [0, 0.1) is 11.8 Å². The lowest BCUT2D eigenvalue weighted by molar-refractivity contribution is 0.226. The number of aliphatic hydroxyl groups is 4. The van der Waals surface area contributed by atoms with Crippen molar-refractivity contribution in [1.29, 1.82) is 0 Å². The molecule has 0 aromatic rings. The molecule has 2 unspecified atom stereocenters. The van der Waals surface area contributed by atoms with Gasteiger partial charge in [0.05, 0.1) is 0 Å². The smallest absolute Gasteiger partial charge is 0.0456 e. The highest BCUT2D eigenvalue weighted by atomic mass is 16.3. The molecular weight excluding hydrogens is 280 g/mol. The monoisotopic (exact) mass is 320 g/mol. The molecule has 4 nitrogen and oxygen atoms in total. The maximum atomic E-state index is 8.70. The zero-order valence-corrected chi connectivity index (χ0v) is 14.8. The topological polar surface area (TPSA) is 80.9 Å². The van der Waals surface area contributed by atoms with Gasteiger partial charge in [0.2, 0.25) is 0 Å². The number of unbranched alkanes of at least 4 members (excludes halogenated alkanes) is 6. The average molecular weight is 321 g/mol. The van der Waals surface area contributed by atoms with Gasteiger partial charge in [-0.1, -0.05) is 52.4 Å². The Kier molecular flexibility index (Phi) is 22.8. The van der Waals surface area contributed by atoms with E-state index in [1.165, 1.54) is 25.7 Å². The zero-order chi connectivity index (χ0) is 17.1. The van der Waals surface area contributed by atoms with Gasteiger partial charge in [0, 0.05) is 26.4 Å². The third-order valence-electron chi connectivity index (χ3n) is 3.83. The molecule has 0 saturated carbocycles. The van der Waals surface area contributed by atoms with Gasteiger partial charge in [-0.25, -0.2) is 0 Å². The van der Waals surface area contributed by atoms with Crippen molar-refractivity contribution in [1.82, 2.24) is 0 Å². The van der Waals surface area contributed by atoms with E-state index in [0.717, 1.165) is 38.5 Å². The molecule has 4 N–H and O–H groups in total. The van der Waals surface area contributed by atoms with Crippen molar-refractivity contribution in [3.63, 3.8) is 0 Å². The van der Waals surface area contributed by atoms with Crippen molar-refractivity contribution in [2.45, 2.75) is 78.1 Å². The highest BCUT2D eigenvalue weighted by Crippen LogP contribution is 2.09. The zero-order valence-electron chi connectivity index (χ0n) is 14.8. The molecule has 136 valence electrons. The molecule has 22 heavy (non-hydrogen) atoms. The number of hydrogen-bond donors (Lipinski definition) is 4. The Labute approximate surface area is 137 Å². The van der Waals surface area contributed by atoms with Gasteiger partial charge in [-0.3, -0.25) is 0 Å². The molecule has 0 aliphatic rings. The Hall–Kier alpha value is -0.160. The molecule has 0 radical (unpaired) electrons. The molecule has 2 atom stereocenters. The summed E-state index contributed by atoms with van der Waals surface area (Å²) in [5.74, 6) is 0.897. The molecule has 0 amide bonds. The van der Waals surface area contributed by atoms with Crippen LogP contribution in [0.25, 0.3) is 0 Å². The molecule has 4 heteroatoms. The fourth-order valence-electron chi connectivity index (χ4n) is 2.10. The second-order valence-corrected chi connectivity index (χ2v) is 6.43. The summed E-state index contributed by atoms with van der Waals surface area (Å²) in [7, 11) is 0. The van der Waals surface area contributed by atoms with Crippen molar-refractivity contribution in [2.24, 2.45) is 11.8 Å². The summed E-state index contributed by atoms with van der Waals surface area (Å²) in [4.78, 5) is 0. The number of aliphatic hydroxyl groups excluding tert-OH is 4. The van der Waals surface area contributed by atoms with Crippen molar-refractivity contribution < 1.29 is 20.4 Å². The lowest BCUT2D eigenvalue weighted by Gasteiger charge is -2.05. The van der Waals surface area contributed by atoms with Crippen LogP contribution in [0.2, 0.25) is 0 Å². The Balaban J connectivity index is 0. The minimum atomic E-state index is 0.306. The Bertz CT molecular complexity index is 168. The standard InChI is InChI=1S/2C9H20O2/c2*1-9(8-11)6-4-2-3-5-7-10/h2*9-11H,2-8H2,1H3. The molecule has 0 rings (SSSR count). The number of hydrogen-bond acceptors (Lipinski definition) is 4. The lowest BCUT2D eigenvalue weighted by Crippen LogP contribution is -1.99. The van der Waals surface area contributed by atoms with Gasteiger partial charge in [-0.2, -0.15) is 0 Å². The Morgan fingerprint density at radius 2 is 0.818 bits per heavy atom. The maximum absolute atomic E-state index is 8.70. The first-order chi connectivity index (χ1) is 10.6. The van der Waals surface area contributed by atoms with E-state index in [4.69, 9.17) is 20.4 Å². The Morgan fingerprint density at radius 1 is 0.500 bits per heavy atom. The molecule has 0 aliphatic carbocycles. The van der Waals surface area contributed by atoms with Crippen molar-refractivity contribution >= 4 is 0 Å². The lowest BCUT2D eigenvalue weighted by atomic mass is 10.0. The first-order valence-corrected chi connectivity index (χ1v) is 9.05. The van der Waals surface area contributed by atoms with Crippen LogP contribution in [-0.2, 0) is 0 Å². The molecular formula is C18H40O4. The maximum Gasteiger partial charge on any atom is 0.0456 e. The van der Waals surface area contributed by atoms with Gasteiger partial charge in [-0.05, 0) is 37.5 Å². The van der Waals surface area contributed by atoms with E-state index < -0.39 is 0 Å². The fourth-order valence-corrected chi connectivity index (χ4v) is 2.10. The predicted molar refractivity (Wildman–Crippen MR) is 92.8 cm³/mol. The summed E-state index contributed by atoms with van der Waals surface area (Å²) in [6, 6.07) is 0. The summed E-state index contributed by atoms with van der Waals surface area (Å²) >= 11 is 0. The van der Waals surface area contributed by atoms with Crippen LogP contribution in [-0.4, -0.2) is 46.9 Å². The third-order valence-corrected chi connectivity index (χ3v) is 3.83. The molecule has 0 bridgehead atoms. The summed E-state index contributed by atoms with van der Waals surface area (Å²) in [6.45, 7) is 5.36. The summed E-state index contributed by atoms with van der Waals surface area (Å²) in [6.07, 6.45) is 11.0. The highest BCUT2D eigenvalue weighted by Gasteiger charge is 1.99. The van der Waals surface area contributed by atoms with Crippen molar-refractivity contribution in [2.75, 3.05) is 26.4 Å². The van der Waals surface area contributed by atoms with Crippen LogP contribution in [0.1, 0.15) is 78.1 Å². The molecule has 0 saturated heterocycles. The normalized spacial score (nSPS) is 13.4. The SMILES string of the molecule is CC(CO)CCCCCCO.CC(CO)CCCCCCO. The molecule has 0 aromatic carbocycles. The minimum absolute atomic E-state index is 0.306. The third kappa shape index (κ3) is 22.1. The quantitative estimate of drug-likeness (QED) is 0.371. The van der Waals surface area contributed by atoms with Crippen LogP contribution in [0.15, 0.2) is 0 Å². The van der Waals surface area contributed by atoms with E-state index in [0.29, 0.717) is 38.3 Å². The molecule has 0 aromatic heterocycles. The van der Waals surface area contributed by atoms with Gasteiger partial charge in [-0.15, -0.1) is 0 Å². The van der Waals surface area contributed by atoms with E-state index in [-0.39, 0.29) is 0 Å². The van der Waals surface area contributed by atoms with Gasteiger partial charge in [0.25, 0.3) is 0 Å². The second-order valence-electron chi connectivity index (χ2n) is 6.43. The molecule has 0 heterocycles. The van der Waals surface area contributed by atoms with Crippen LogP contribution in [0.3, 0.4) is 0 Å². The van der Waals surface area contributed by atoms with Gasteiger partial charge in [0.1, 0.15) is 0 Å². The van der Waals surface area contributed by atoms with Gasteiger partial charge in [0.15, 0.2) is 0 Å². The van der Waals surface area contributed by atoms with Crippen LogP contribution < -0.4 is 0 Å². The summed E-state index contributed by atoms with van der Waals surface area (Å²) in [5.41, 5.74) is 0. The summed E-state index contributed by atoms with van der Waals surface area (Å²) < 4.78 is 0. The van der Waals surface area contributed by atoms with E-state index in [9.17, 15) is 0 Å². The highest BCUT2D eigenvalue weighted by molar-refractivity contribution is 4.51. The van der Waals surface area contributed by atoms with Crippen molar-refractivity contribution in [3.05, 3.63) is 0 Å². The van der Waals surface area contributed by atoms with Crippen LogP contribution in [0.4, 0.5) is 0 Å². The molecule has 0 fully saturated rings.